The van der Waals surface area contributed by atoms with Crippen molar-refractivity contribution < 1.29 is 14.3 Å². The number of hydrogen-bond acceptors (Lipinski definition) is 4. The molecule has 1 amide bonds. The number of thiophene rings is 1. The fourth-order valence-corrected chi connectivity index (χ4v) is 4.06. The molecular weight excluding hydrogens is 370 g/mol. The summed E-state index contributed by atoms with van der Waals surface area (Å²) in [6.45, 7) is 3.52. The van der Waals surface area contributed by atoms with Crippen LogP contribution < -0.4 is 9.47 Å². The highest BCUT2D eigenvalue weighted by Gasteiger charge is 2.27. The van der Waals surface area contributed by atoms with Gasteiger partial charge < -0.3 is 14.4 Å². The lowest BCUT2D eigenvalue weighted by molar-refractivity contribution is -0.133. The minimum atomic E-state index is -0.158. The number of amides is 1. The molecule has 1 aromatic heterocycles. The Labute approximate surface area is 169 Å². The van der Waals surface area contributed by atoms with E-state index in [1.807, 2.05) is 46.7 Å². The maximum Gasteiger partial charge on any atom is 0.226 e. The summed E-state index contributed by atoms with van der Waals surface area (Å²) in [5, 5.41) is 4.13. The number of rotatable bonds is 5. The van der Waals surface area contributed by atoms with Crippen LogP contribution in [0, 0.1) is 6.92 Å². The summed E-state index contributed by atoms with van der Waals surface area (Å²) in [5.41, 5.74) is 3.32. The van der Waals surface area contributed by atoms with Gasteiger partial charge in [0.1, 0.15) is 17.6 Å². The maximum absolute atomic E-state index is 12.9. The molecule has 1 unspecified atom stereocenters. The minimum Gasteiger partial charge on any atom is -0.493 e. The second-order valence-electron chi connectivity index (χ2n) is 6.96. The minimum absolute atomic E-state index is 0.0779. The van der Waals surface area contributed by atoms with Crippen LogP contribution in [-0.2, 0) is 11.3 Å². The van der Waals surface area contributed by atoms with Crippen LogP contribution in [0.1, 0.15) is 29.2 Å². The molecule has 2 aromatic carbocycles. The average Bonchev–Trinajstić information content (AvgIpc) is 3.17. The molecule has 0 N–H and O–H groups in total. The van der Waals surface area contributed by atoms with Gasteiger partial charge >= 0.3 is 0 Å². The van der Waals surface area contributed by atoms with Gasteiger partial charge in [-0.1, -0.05) is 35.9 Å². The van der Waals surface area contributed by atoms with E-state index in [2.05, 4.69) is 30.5 Å². The summed E-state index contributed by atoms with van der Waals surface area (Å²) in [6, 6.07) is 17.8. The van der Waals surface area contributed by atoms with Gasteiger partial charge in [0, 0.05) is 17.7 Å². The molecule has 1 aliphatic heterocycles. The molecule has 0 saturated carbocycles. The van der Waals surface area contributed by atoms with Crippen LogP contribution >= 0.6 is 11.3 Å². The third-order valence-electron chi connectivity index (χ3n) is 4.83. The number of carbonyl (C=O) groups excluding carboxylic acids is 1. The van der Waals surface area contributed by atoms with E-state index < -0.39 is 0 Å². The molecule has 1 aliphatic rings. The van der Waals surface area contributed by atoms with Crippen molar-refractivity contribution in [1.82, 2.24) is 4.90 Å². The zero-order valence-corrected chi connectivity index (χ0v) is 16.7. The molecule has 0 radical (unpaired) electrons. The van der Waals surface area contributed by atoms with Gasteiger partial charge in [0.15, 0.2) is 0 Å². The Morgan fingerprint density at radius 2 is 2.07 bits per heavy atom. The summed E-state index contributed by atoms with van der Waals surface area (Å²) in [5.74, 6) is 1.72. The van der Waals surface area contributed by atoms with Crippen LogP contribution in [0.2, 0.25) is 0 Å². The fourth-order valence-electron chi connectivity index (χ4n) is 3.36. The first-order valence-corrected chi connectivity index (χ1v) is 10.4. The van der Waals surface area contributed by atoms with E-state index in [0.29, 0.717) is 26.1 Å². The number of ether oxygens (including phenoxy) is 2. The molecule has 28 heavy (non-hydrogen) atoms. The third kappa shape index (κ3) is 4.37. The largest absolute Gasteiger partial charge is 0.493 e. The van der Waals surface area contributed by atoms with Crippen molar-refractivity contribution in [2.45, 2.75) is 26.0 Å². The molecule has 0 saturated heterocycles. The molecule has 0 aliphatic carbocycles. The first-order chi connectivity index (χ1) is 13.7. The summed E-state index contributed by atoms with van der Waals surface area (Å²) < 4.78 is 12.0. The predicted octanol–water partition coefficient (Wildman–Crippen LogP) is 4.99. The number of aryl methyl sites for hydroxylation is 1. The van der Waals surface area contributed by atoms with Crippen molar-refractivity contribution in [3.8, 4) is 11.5 Å². The molecule has 2 heterocycles. The van der Waals surface area contributed by atoms with Crippen LogP contribution in [0.5, 0.6) is 11.5 Å². The Kier molecular flexibility index (Phi) is 5.63. The lowest BCUT2D eigenvalue weighted by Gasteiger charge is -2.24. The molecule has 0 spiro atoms. The van der Waals surface area contributed by atoms with E-state index in [4.69, 9.17) is 9.47 Å². The van der Waals surface area contributed by atoms with E-state index in [1.165, 1.54) is 0 Å². The second-order valence-corrected chi connectivity index (χ2v) is 7.74. The van der Waals surface area contributed by atoms with Crippen molar-refractivity contribution in [1.29, 1.82) is 0 Å². The van der Waals surface area contributed by atoms with Crippen LogP contribution in [0.4, 0.5) is 0 Å². The summed E-state index contributed by atoms with van der Waals surface area (Å²) in [7, 11) is 0. The zero-order valence-electron chi connectivity index (χ0n) is 15.8. The van der Waals surface area contributed by atoms with E-state index in [-0.39, 0.29) is 12.0 Å². The topological polar surface area (TPSA) is 38.8 Å². The smallest absolute Gasteiger partial charge is 0.226 e. The van der Waals surface area contributed by atoms with Gasteiger partial charge in [-0.3, -0.25) is 4.79 Å². The average molecular weight is 394 g/mol. The molecule has 0 bridgehead atoms. The van der Waals surface area contributed by atoms with Crippen molar-refractivity contribution in [2.75, 3.05) is 13.2 Å². The first-order valence-electron chi connectivity index (χ1n) is 9.43. The lowest BCUT2D eigenvalue weighted by Crippen LogP contribution is -2.34. The zero-order chi connectivity index (χ0) is 19.3. The Morgan fingerprint density at radius 1 is 1.21 bits per heavy atom. The quantitative estimate of drug-likeness (QED) is 0.613. The first kappa shape index (κ1) is 18.6. The molecule has 144 valence electrons. The molecule has 4 nitrogen and oxygen atoms in total. The monoisotopic (exact) mass is 393 g/mol. The van der Waals surface area contributed by atoms with E-state index in [1.54, 1.807) is 11.3 Å². The highest BCUT2D eigenvalue weighted by Crippen LogP contribution is 2.32. The predicted molar refractivity (Wildman–Crippen MR) is 111 cm³/mol. The van der Waals surface area contributed by atoms with Gasteiger partial charge in [-0.2, -0.15) is 11.3 Å². The van der Waals surface area contributed by atoms with E-state index >= 15 is 0 Å². The van der Waals surface area contributed by atoms with Gasteiger partial charge in [-0.05, 0) is 41.9 Å². The molecule has 1 atom stereocenters. The van der Waals surface area contributed by atoms with Crippen LogP contribution in [0.25, 0.3) is 0 Å². The molecule has 4 rings (SSSR count). The third-order valence-corrected chi connectivity index (χ3v) is 5.53. The standard InChI is InChI=1S/C23H23NO3S/c1-17-7-8-21-19(13-17)14-24(15-22(27-21)18-10-12-28-16-18)23(25)9-11-26-20-5-3-2-4-6-20/h2-8,10,12-13,16,22H,9,11,14-15H2,1H3. The summed E-state index contributed by atoms with van der Waals surface area (Å²) >= 11 is 1.64. The fraction of sp³-hybridized carbons (Fsp3) is 0.261. The highest BCUT2D eigenvalue weighted by atomic mass is 32.1. The SMILES string of the molecule is Cc1ccc2c(c1)CN(C(=O)CCOc1ccccc1)CC(c1ccsc1)O2. The van der Waals surface area contributed by atoms with Gasteiger partial charge in [-0.15, -0.1) is 0 Å². The summed E-state index contributed by atoms with van der Waals surface area (Å²) in [6.07, 6.45) is 0.182. The van der Waals surface area contributed by atoms with Crippen LogP contribution in [0.3, 0.4) is 0 Å². The number of nitrogens with zero attached hydrogens (tertiary/aromatic N) is 1. The molecule has 0 fully saturated rings. The Balaban J connectivity index is 1.49. The molecule has 5 heteroatoms. The van der Waals surface area contributed by atoms with E-state index in [9.17, 15) is 4.79 Å². The van der Waals surface area contributed by atoms with Gasteiger partial charge in [-0.25, -0.2) is 0 Å². The Morgan fingerprint density at radius 3 is 2.86 bits per heavy atom. The Hall–Kier alpha value is -2.79. The van der Waals surface area contributed by atoms with Crippen LogP contribution in [-0.4, -0.2) is 24.0 Å². The number of hydrogen-bond donors (Lipinski definition) is 0. The normalized spacial score (nSPS) is 16.0. The highest BCUT2D eigenvalue weighted by molar-refractivity contribution is 7.07. The van der Waals surface area contributed by atoms with Crippen LogP contribution in [0.15, 0.2) is 65.4 Å². The van der Waals surface area contributed by atoms with Crippen molar-refractivity contribution in [3.05, 3.63) is 82.0 Å². The van der Waals surface area contributed by atoms with Crippen molar-refractivity contribution in [2.24, 2.45) is 0 Å². The maximum atomic E-state index is 12.9. The van der Waals surface area contributed by atoms with Gasteiger partial charge in [0.05, 0.1) is 19.6 Å². The number of benzene rings is 2. The molecular formula is C23H23NO3S. The second kappa shape index (κ2) is 8.48. The lowest BCUT2D eigenvalue weighted by atomic mass is 10.1. The summed E-state index contributed by atoms with van der Waals surface area (Å²) in [4.78, 5) is 14.8. The van der Waals surface area contributed by atoms with Crippen molar-refractivity contribution >= 4 is 17.2 Å². The van der Waals surface area contributed by atoms with Crippen molar-refractivity contribution in [3.63, 3.8) is 0 Å². The number of carbonyl (C=O) groups is 1. The Bertz CT molecular complexity index is 924. The van der Waals surface area contributed by atoms with Gasteiger partial charge in [0.2, 0.25) is 5.91 Å². The molecule has 3 aromatic rings. The van der Waals surface area contributed by atoms with Gasteiger partial charge in [0.25, 0.3) is 0 Å². The number of para-hydroxylation sites is 1. The van der Waals surface area contributed by atoms with E-state index in [0.717, 1.165) is 28.2 Å². The number of fused-ring (bicyclic) bond motifs is 1.